The van der Waals surface area contributed by atoms with E-state index in [1.54, 1.807) is 16.7 Å². The predicted octanol–water partition coefficient (Wildman–Crippen LogP) is 3.89. The van der Waals surface area contributed by atoms with Crippen molar-refractivity contribution in [3.63, 3.8) is 0 Å². The van der Waals surface area contributed by atoms with Gasteiger partial charge in [-0.15, -0.1) is 5.10 Å². The molecule has 8 heteroatoms. The van der Waals surface area contributed by atoms with Crippen LogP contribution in [0.5, 0.6) is 11.5 Å². The number of amides is 1. The maximum Gasteiger partial charge on any atom is 0.343 e. The zero-order valence-corrected chi connectivity index (χ0v) is 16.4. The molecule has 0 aliphatic carbocycles. The second-order valence-corrected chi connectivity index (χ2v) is 7.04. The van der Waals surface area contributed by atoms with Gasteiger partial charge in [0.2, 0.25) is 5.91 Å². The first-order valence-corrected chi connectivity index (χ1v) is 10.0. The molecule has 2 N–H and O–H groups in total. The second kappa shape index (κ2) is 9.80. The number of hydrogen-bond acceptors (Lipinski definition) is 5. The first kappa shape index (κ1) is 19.8. The molecule has 146 valence electrons. The lowest BCUT2D eigenvalue weighted by molar-refractivity contribution is -0.113. The number of carbonyl (C=O) groups excluding carboxylic acids is 1. The highest BCUT2D eigenvalue weighted by Crippen LogP contribution is 2.24. The average molecular weight is 398 g/mol. The number of aromatic nitrogens is 3. The van der Waals surface area contributed by atoms with Crippen LogP contribution in [-0.2, 0) is 11.3 Å². The van der Waals surface area contributed by atoms with Gasteiger partial charge in [-0.25, -0.2) is 9.89 Å². The number of H-pyrrole nitrogens is 1. The molecular weight excluding hydrogens is 376 g/mol. The normalized spacial score (nSPS) is 10.6. The third-order valence-corrected chi connectivity index (χ3v) is 4.86. The molecule has 0 unspecified atom stereocenters. The Morgan fingerprint density at radius 1 is 1.18 bits per heavy atom. The molecule has 1 aromatic heterocycles. The van der Waals surface area contributed by atoms with Crippen molar-refractivity contribution >= 4 is 23.4 Å². The van der Waals surface area contributed by atoms with Crippen molar-refractivity contribution in [2.24, 2.45) is 0 Å². The number of nitrogens with one attached hydrogen (secondary N) is 2. The Kier molecular flexibility index (Phi) is 6.91. The number of thioether (sulfide) groups is 1. The fourth-order valence-electron chi connectivity index (χ4n) is 2.52. The first-order chi connectivity index (χ1) is 13.7. The Morgan fingerprint density at radius 3 is 2.75 bits per heavy atom. The van der Waals surface area contributed by atoms with Crippen molar-refractivity contribution in [2.75, 3.05) is 11.1 Å². The van der Waals surface area contributed by atoms with E-state index in [2.05, 4.69) is 22.4 Å². The zero-order valence-electron chi connectivity index (χ0n) is 15.6. The molecule has 0 radical (unpaired) electrons. The molecule has 0 saturated carbocycles. The smallest absolute Gasteiger partial charge is 0.343 e. The van der Waals surface area contributed by atoms with Crippen molar-refractivity contribution in [3.05, 3.63) is 65.1 Å². The molecule has 7 nitrogen and oxygen atoms in total. The number of nitrogens with zero attached hydrogens (tertiary/aromatic N) is 2. The Labute approximate surface area is 167 Å². The highest BCUT2D eigenvalue weighted by molar-refractivity contribution is 7.99. The zero-order chi connectivity index (χ0) is 19.8. The lowest BCUT2D eigenvalue weighted by Gasteiger charge is -2.09. The minimum Gasteiger partial charge on any atom is -0.457 e. The summed E-state index contributed by atoms with van der Waals surface area (Å²) in [7, 11) is 0. The van der Waals surface area contributed by atoms with Crippen molar-refractivity contribution in [2.45, 2.75) is 31.5 Å². The molecule has 0 atom stereocenters. The largest absolute Gasteiger partial charge is 0.457 e. The summed E-state index contributed by atoms with van der Waals surface area (Å²) in [5.41, 5.74) is 0.395. The van der Waals surface area contributed by atoms with Crippen LogP contribution in [0.2, 0.25) is 0 Å². The Balaban J connectivity index is 1.57. The molecule has 28 heavy (non-hydrogen) atoms. The Bertz CT molecular complexity index is 969. The molecule has 0 aliphatic rings. The van der Waals surface area contributed by atoms with Crippen LogP contribution in [0, 0.1) is 0 Å². The quantitative estimate of drug-likeness (QED) is 0.534. The third kappa shape index (κ3) is 5.50. The van der Waals surface area contributed by atoms with Gasteiger partial charge in [0.05, 0.1) is 5.75 Å². The van der Waals surface area contributed by atoms with Crippen LogP contribution in [0.4, 0.5) is 5.69 Å². The monoisotopic (exact) mass is 398 g/mol. The lowest BCUT2D eigenvalue weighted by atomic mass is 10.3. The van der Waals surface area contributed by atoms with E-state index in [1.807, 2.05) is 42.5 Å². The van der Waals surface area contributed by atoms with Crippen LogP contribution in [-0.4, -0.2) is 26.4 Å². The van der Waals surface area contributed by atoms with E-state index in [4.69, 9.17) is 4.74 Å². The summed E-state index contributed by atoms with van der Waals surface area (Å²) in [5, 5.41) is 9.80. The number of carbonyl (C=O) groups is 1. The topological polar surface area (TPSA) is 89.0 Å². The summed E-state index contributed by atoms with van der Waals surface area (Å²) >= 11 is 1.23. The van der Waals surface area contributed by atoms with E-state index in [0.717, 1.165) is 18.6 Å². The van der Waals surface area contributed by atoms with Gasteiger partial charge < -0.3 is 10.1 Å². The van der Waals surface area contributed by atoms with Crippen molar-refractivity contribution in [3.8, 4) is 11.5 Å². The van der Waals surface area contributed by atoms with Crippen LogP contribution in [0.25, 0.3) is 0 Å². The van der Waals surface area contributed by atoms with E-state index in [0.29, 0.717) is 23.1 Å². The van der Waals surface area contributed by atoms with Crippen LogP contribution < -0.4 is 15.7 Å². The summed E-state index contributed by atoms with van der Waals surface area (Å²) < 4.78 is 7.34. The molecule has 3 aromatic rings. The van der Waals surface area contributed by atoms with Crippen LogP contribution in [0.15, 0.2) is 64.5 Å². The molecule has 0 aliphatic heterocycles. The number of anilines is 1. The molecule has 0 bridgehead atoms. The number of ether oxygens (including phenoxy) is 1. The maximum absolute atomic E-state index is 12.3. The molecule has 0 fully saturated rings. The van der Waals surface area contributed by atoms with Gasteiger partial charge in [0.15, 0.2) is 5.16 Å². The number of benzene rings is 2. The van der Waals surface area contributed by atoms with Gasteiger partial charge in [-0.05, 0) is 30.7 Å². The van der Waals surface area contributed by atoms with Crippen molar-refractivity contribution in [1.29, 1.82) is 0 Å². The number of para-hydroxylation sites is 1. The van der Waals surface area contributed by atoms with Gasteiger partial charge in [-0.1, -0.05) is 49.4 Å². The van der Waals surface area contributed by atoms with Gasteiger partial charge in [0, 0.05) is 18.3 Å². The lowest BCUT2D eigenvalue weighted by Crippen LogP contribution is -2.19. The highest BCUT2D eigenvalue weighted by Gasteiger charge is 2.11. The number of unbranched alkanes of at least 4 members (excludes halogenated alkanes) is 1. The van der Waals surface area contributed by atoms with E-state index >= 15 is 0 Å². The fraction of sp³-hybridized carbons (Fsp3) is 0.250. The maximum atomic E-state index is 12.3. The van der Waals surface area contributed by atoms with E-state index in [-0.39, 0.29) is 17.3 Å². The summed E-state index contributed by atoms with van der Waals surface area (Å²) in [6.45, 7) is 2.65. The van der Waals surface area contributed by atoms with Crippen LogP contribution in [0.3, 0.4) is 0 Å². The standard InChI is InChI=1S/C20H22N4O3S/c1-2-3-12-24-19(26)22-23-20(24)28-14-18(25)21-15-8-7-11-17(13-15)27-16-9-5-4-6-10-16/h4-11,13H,2-3,12,14H2,1H3,(H,21,25)(H,22,26). The Hall–Kier alpha value is -3.00. The van der Waals surface area contributed by atoms with Crippen molar-refractivity contribution < 1.29 is 9.53 Å². The summed E-state index contributed by atoms with van der Waals surface area (Å²) in [6, 6.07) is 16.6. The van der Waals surface area contributed by atoms with Crippen LogP contribution >= 0.6 is 11.8 Å². The summed E-state index contributed by atoms with van der Waals surface area (Å²) in [5.74, 6) is 1.34. The molecule has 0 saturated heterocycles. The SMILES string of the molecule is CCCCn1c(SCC(=O)Nc2cccc(Oc3ccccc3)c2)n[nH]c1=O. The van der Waals surface area contributed by atoms with E-state index in [1.165, 1.54) is 11.8 Å². The van der Waals surface area contributed by atoms with E-state index in [9.17, 15) is 9.59 Å². The molecule has 3 rings (SSSR count). The van der Waals surface area contributed by atoms with Gasteiger partial charge >= 0.3 is 5.69 Å². The first-order valence-electron chi connectivity index (χ1n) is 9.06. The number of hydrogen-bond donors (Lipinski definition) is 2. The third-order valence-electron chi connectivity index (χ3n) is 3.89. The molecule has 1 amide bonds. The summed E-state index contributed by atoms with van der Waals surface area (Å²) in [4.78, 5) is 24.1. The minimum absolute atomic E-state index is 0.153. The number of rotatable bonds is 9. The van der Waals surface area contributed by atoms with Gasteiger partial charge in [0.25, 0.3) is 0 Å². The molecule has 1 heterocycles. The highest BCUT2D eigenvalue weighted by atomic mass is 32.2. The predicted molar refractivity (Wildman–Crippen MR) is 110 cm³/mol. The fourth-order valence-corrected chi connectivity index (χ4v) is 3.29. The van der Waals surface area contributed by atoms with Gasteiger partial charge in [0.1, 0.15) is 11.5 Å². The second-order valence-electron chi connectivity index (χ2n) is 6.10. The molecular formula is C20H22N4O3S. The average Bonchev–Trinajstić information content (AvgIpc) is 3.05. The van der Waals surface area contributed by atoms with Gasteiger partial charge in [-0.3, -0.25) is 9.36 Å². The minimum atomic E-state index is -0.248. The number of aromatic amines is 1. The molecule has 0 spiro atoms. The Morgan fingerprint density at radius 2 is 1.96 bits per heavy atom. The molecule has 2 aromatic carbocycles. The van der Waals surface area contributed by atoms with Gasteiger partial charge in [-0.2, -0.15) is 0 Å². The van der Waals surface area contributed by atoms with E-state index < -0.39 is 0 Å². The van der Waals surface area contributed by atoms with Crippen molar-refractivity contribution in [1.82, 2.24) is 14.8 Å². The van der Waals surface area contributed by atoms with Crippen LogP contribution in [0.1, 0.15) is 19.8 Å². The summed E-state index contributed by atoms with van der Waals surface area (Å²) in [6.07, 6.45) is 1.86.